The van der Waals surface area contributed by atoms with E-state index in [1.807, 2.05) is 25.1 Å². The number of benzene rings is 1. The van der Waals surface area contributed by atoms with Crippen LogP contribution in [0.1, 0.15) is 11.3 Å². The van der Waals surface area contributed by atoms with Crippen molar-refractivity contribution in [3.8, 4) is 5.75 Å². The lowest BCUT2D eigenvalue weighted by molar-refractivity contribution is 0.283. The van der Waals surface area contributed by atoms with Gasteiger partial charge in [0.05, 0.1) is 13.7 Å². The second kappa shape index (κ2) is 3.87. The van der Waals surface area contributed by atoms with E-state index in [2.05, 4.69) is 4.98 Å². The van der Waals surface area contributed by atoms with Crippen molar-refractivity contribution < 1.29 is 9.84 Å². The van der Waals surface area contributed by atoms with Crippen molar-refractivity contribution >= 4 is 10.8 Å². The number of pyridine rings is 1. The van der Waals surface area contributed by atoms with Crippen LogP contribution in [0.5, 0.6) is 5.75 Å². The molecular formula is C12H13NO2. The third kappa shape index (κ3) is 1.55. The minimum absolute atomic E-state index is 0.0317. The Hall–Kier alpha value is -1.61. The Kier molecular flexibility index (Phi) is 2.56. The number of rotatable bonds is 2. The van der Waals surface area contributed by atoms with Crippen LogP contribution in [0.4, 0.5) is 0 Å². The highest BCUT2D eigenvalue weighted by Crippen LogP contribution is 2.29. The molecule has 3 heteroatoms. The molecule has 0 atom stereocenters. The molecule has 0 bridgehead atoms. The Bertz CT molecular complexity index is 494. The summed E-state index contributed by atoms with van der Waals surface area (Å²) in [5, 5.41) is 11.2. The molecule has 2 rings (SSSR count). The van der Waals surface area contributed by atoms with E-state index in [4.69, 9.17) is 4.74 Å². The molecule has 1 N–H and O–H groups in total. The number of aromatic nitrogens is 1. The van der Waals surface area contributed by atoms with E-state index in [1.54, 1.807) is 13.3 Å². The van der Waals surface area contributed by atoms with Crippen LogP contribution in [0.15, 0.2) is 24.4 Å². The van der Waals surface area contributed by atoms with E-state index >= 15 is 0 Å². The summed E-state index contributed by atoms with van der Waals surface area (Å²) >= 11 is 0. The third-order valence-electron chi connectivity index (χ3n) is 2.56. The van der Waals surface area contributed by atoms with E-state index in [0.29, 0.717) is 0 Å². The first-order valence-corrected chi connectivity index (χ1v) is 4.80. The average Bonchev–Trinajstić information content (AvgIpc) is 2.28. The Labute approximate surface area is 88.3 Å². The van der Waals surface area contributed by atoms with E-state index in [-0.39, 0.29) is 6.61 Å². The van der Waals surface area contributed by atoms with Crippen LogP contribution in [0.25, 0.3) is 10.8 Å². The number of aliphatic hydroxyl groups is 1. The van der Waals surface area contributed by atoms with Gasteiger partial charge in [-0.25, -0.2) is 0 Å². The highest BCUT2D eigenvalue weighted by molar-refractivity contribution is 5.92. The summed E-state index contributed by atoms with van der Waals surface area (Å²) in [6, 6.07) is 5.64. The van der Waals surface area contributed by atoms with Gasteiger partial charge in [0.1, 0.15) is 5.75 Å². The van der Waals surface area contributed by atoms with Crippen LogP contribution in [0.3, 0.4) is 0 Å². The van der Waals surface area contributed by atoms with Crippen molar-refractivity contribution in [2.24, 2.45) is 0 Å². The second-order valence-corrected chi connectivity index (χ2v) is 3.40. The van der Waals surface area contributed by atoms with E-state index in [1.165, 1.54) is 0 Å². The molecule has 0 aliphatic rings. The SMILES string of the molecule is COc1ccc(CO)c2ccnc(C)c12. The number of aliphatic hydroxyl groups excluding tert-OH is 1. The van der Waals surface area contributed by atoms with Gasteiger partial charge in [0.15, 0.2) is 0 Å². The number of ether oxygens (including phenoxy) is 1. The fourth-order valence-corrected chi connectivity index (χ4v) is 1.80. The lowest BCUT2D eigenvalue weighted by atomic mass is 10.0. The lowest BCUT2D eigenvalue weighted by Gasteiger charge is -2.10. The number of aryl methyl sites for hydroxylation is 1. The summed E-state index contributed by atoms with van der Waals surface area (Å²) in [6.07, 6.45) is 1.75. The van der Waals surface area contributed by atoms with Crippen molar-refractivity contribution in [1.29, 1.82) is 0 Å². The minimum atomic E-state index is 0.0317. The van der Waals surface area contributed by atoms with Crippen molar-refractivity contribution in [2.75, 3.05) is 7.11 Å². The van der Waals surface area contributed by atoms with Gasteiger partial charge in [-0.05, 0) is 30.0 Å². The maximum absolute atomic E-state index is 9.23. The van der Waals surface area contributed by atoms with Crippen LogP contribution in [0.2, 0.25) is 0 Å². The summed E-state index contributed by atoms with van der Waals surface area (Å²) in [6.45, 7) is 1.97. The molecule has 0 aliphatic carbocycles. The molecule has 0 unspecified atom stereocenters. The molecule has 0 saturated heterocycles. The normalized spacial score (nSPS) is 10.6. The maximum Gasteiger partial charge on any atom is 0.128 e. The zero-order valence-corrected chi connectivity index (χ0v) is 8.82. The smallest absolute Gasteiger partial charge is 0.128 e. The van der Waals surface area contributed by atoms with E-state index in [0.717, 1.165) is 27.8 Å². The monoisotopic (exact) mass is 203 g/mol. The second-order valence-electron chi connectivity index (χ2n) is 3.40. The molecule has 0 radical (unpaired) electrons. The molecule has 0 saturated carbocycles. The first-order chi connectivity index (χ1) is 7.27. The number of hydrogen-bond acceptors (Lipinski definition) is 3. The zero-order chi connectivity index (χ0) is 10.8. The number of nitrogens with zero attached hydrogens (tertiary/aromatic N) is 1. The molecule has 15 heavy (non-hydrogen) atoms. The summed E-state index contributed by atoms with van der Waals surface area (Å²) < 4.78 is 5.29. The predicted octanol–water partition coefficient (Wildman–Crippen LogP) is 2.04. The fourth-order valence-electron chi connectivity index (χ4n) is 1.80. The van der Waals surface area contributed by atoms with Crippen LogP contribution < -0.4 is 4.74 Å². The van der Waals surface area contributed by atoms with Crippen molar-refractivity contribution in [1.82, 2.24) is 4.98 Å². The minimum Gasteiger partial charge on any atom is -0.496 e. The van der Waals surface area contributed by atoms with Gasteiger partial charge in [0, 0.05) is 17.3 Å². The highest BCUT2D eigenvalue weighted by Gasteiger charge is 2.08. The van der Waals surface area contributed by atoms with Crippen molar-refractivity contribution in [3.05, 3.63) is 35.7 Å². The maximum atomic E-state index is 9.23. The summed E-state index contributed by atoms with van der Waals surface area (Å²) in [4.78, 5) is 4.23. The van der Waals surface area contributed by atoms with Gasteiger partial charge in [0.25, 0.3) is 0 Å². The topological polar surface area (TPSA) is 42.4 Å². The van der Waals surface area contributed by atoms with Gasteiger partial charge in [-0.2, -0.15) is 0 Å². The van der Waals surface area contributed by atoms with Crippen LogP contribution >= 0.6 is 0 Å². The highest BCUT2D eigenvalue weighted by atomic mass is 16.5. The summed E-state index contributed by atoms with van der Waals surface area (Å²) in [5.74, 6) is 0.799. The van der Waals surface area contributed by atoms with E-state index < -0.39 is 0 Å². The van der Waals surface area contributed by atoms with Gasteiger partial charge >= 0.3 is 0 Å². The molecule has 1 aromatic heterocycles. The molecule has 1 aromatic carbocycles. The first kappa shape index (κ1) is 9.93. The predicted molar refractivity (Wildman–Crippen MR) is 59.0 cm³/mol. The van der Waals surface area contributed by atoms with Crippen LogP contribution in [-0.2, 0) is 6.61 Å². The Morgan fingerprint density at radius 3 is 2.80 bits per heavy atom. The summed E-state index contributed by atoms with van der Waals surface area (Å²) in [5.41, 5.74) is 1.82. The molecule has 0 aliphatic heterocycles. The van der Waals surface area contributed by atoms with Gasteiger partial charge in [0.2, 0.25) is 0 Å². The van der Waals surface area contributed by atoms with Gasteiger partial charge in [-0.3, -0.25) is 4.98 Å². The lowest BCUT2D eigenvalue weighted by Crippen LogP contribution is -1.93. The van der Waals surface area contributed by atoms with Crippen LogP contribution in [-0.4, -0.2) is 17.2 Å². The Balaban J connectivity index is 2.86. The standard InChI is InChI=1S/C12H13NO2/c1-8-12-10(5-6-13-8)9(7-14)3-4-11(12)15-2/h3-6,14H,7H2,1-2H3. The molecule has 3 nitrogen and oxygen atoms in total. The molecule has 2 aromatic rings. The average molecular weight is 203 g/mol. The largest absolute Gasteiger partial charge is 0.496 e. The molecule has 1 heterocycles. The summed E-state index contributed by atoms with van der Waals surface area (Å²) in [7, 11) is 1.64. The Morgan fingerprint density at radius 2 is 2.13 bits per heavy atom. The Morgan fingerprint density at radius 1 is 1.33 bits per heavy atom. The molecular weight excluding hydrogens is 190 g/mol. The fraction of sp³-hybridized carbons (Fsp3) is 0.250. The third-order valence-corrected chi connectivity index (χ3v) is 2.56. The molecule has 78 valence electrons. The number of fused-ring (bicyclic) bond motifs is 1. The molecule has 0 amide bonds. The quantitative estimate of drug-likeness (QED) is 0.812. The zero-order valence-electron chi connectivity index (χ0n) is 8.82. The first-order valence-electron chi connectivity index (χ1n) is 4.80. The van der Waals surface area contributed by atoms with Gasteiger partial charge in [-0.15, -0.1) is 0 Å². The van der Waals surface area contributed by atoms with E-state index in [9.17, 15) is 5.11 Å². The van der Waals surface area contributed by atoms with Crippen molar-refractivity contribution in [2.45, 2.75) is 13.5 Å². The van der Waals surface area contributed by atoms with Gasteiger partial charge < -0.3 is 9.84 Å². The van der Waals surface area contributed by atoms with Crippen molar-refractivity contribution in [3.63, 3.8) is 0 Å². The van der Waals surface area contributed by atoms with Gasteiger partial charge in [-0.1, -0.05) is 6.07 Å². The number of hydrogen-bond donors (Lipinski definition) is 1. The molecule has 0 spiro atoms. The van der Waals surface area contributed by atoms with Crippen LogP contribution in [0, 0.1) is 6.92 Å². The molecule has 0 fully saturated rings. The number of methoxy groups -OCH3 is 1.